The fraction of sp³-hybridized carbons (Fsp3) is 0.506. The van der Waals surface area contributed by atoms with Crippen LogP contribution in [0.3, 0.4) is 0 Å². The number of aromatic nitrogens is 6. The highest BCUT2D eigenvalue weighted by atomic mass is 35.5. The molecule has 0 radical (unpaired) electrons. The maximum atomic E-state index is 14.0. The monoisotopic (exact) mass is 1470 g/mol. The first-order valence-electron chi connectivity index (χ1n) is 37.2. The minimum atomic E-state index is -0.238. The lowest BCUT2D eigenvalue weighted by Crippen LogP contribution is -2.58. The summed E-state index contributed by atoms with van der Waals surface area (Å²) in [5, 5.41) is 22.5. The number of nitrogens with zero attached hydrogens (tertiary/aromatic N) is 13. The molecule has 11 atom stereocenters. The molecule has 3 aromatic heterocycles. The van der Waals surface area contributed by atoms with Gasteiger partial charge in [-0.1, -0.05) is 146 Å². The molecule has 15 rings (SSSR count). The molecular formula is C79H102Cl3N19O3. The Kier molecular flexibility index (Phi) is 22.8. The molecule has 3 aromatic carbocycles. The minimum absolute atomic E-state index is 0.164. The predicted octanol–water partition coefficient (Wildman–Crippen LogP) is 12.1. The van der Waals surface area contributed by atoms with Gasteiger partial charge in [0, 0.05) is 152 Å². The molecule has 22 nitrogen and oxygen atoms in total. The van der Waals surface area contributed by atoms with Gasteiger partial charge in [0.25, 0.3) is 0 Å². The van der Waals surface area contributed by atoms with Crippen molar-refractivity contribution in [3.05, 3.63) is 171 Å². The first kappa shape index (κ1) is 74.2. The van der Waals surface area contributed by atoms with E-state index in [1.807, 2.05) is 79.8 Å². The Bertz CT molecular complexity index is 3920. The average molecular weight is 1470 g/mol. The van der Waals surface area contributed by atoms with Crippen molar-refractivity contribution in [3.8, 4) is 0 Å². The van der Waals surface area contributed by atoms with Gasteiger partial charge in [0.05, 0.1) is 36.4 Å². The zero-order valence-corrected chi connectivity index (χ0v) is 63.8. The van der Waals surface area contributed by atoms with Crippen LogP contribution in [0.25, 0.3) is 0 Å². The summed E-state index contributed by atoms with van der Waals surface area (Å²) in [7, 11) is 2.05. The number of allylic oxidation sites excluding steroid dienone is 2. The van der Waals surface area contributed by atoms with Crippen molar-refractivity contribution >= 4 is 93.1 Å². The van der Waals surface area contributed by atoms with Crippen molar-refractivity contribution in [1.82, 2.24) is 60.6 Å². The highest BCUT2D eigenvalue weighted by molar-refractivity contribution is 6.31. The van der Waals surface area contributed by atoms with Gasteiger partial charge >= 0.3 is 0 Å². The number of carbonyl (C=O) groups is 3. The van der Waals surface area contributed by atoms with Gasteiger partial charge in [0.1, 0.15) is 47.9 Å². The molecule has 0 aliphatic carbocycles. The molecule has 104 heavy (non-hydrogen) atoms. The Morgan fingerprint density at radius 2 is 0.846 bits per heavy atom. The van der Waals surface area contributed by atoms with Crippen LogP contribution < -0.4 is 51.5 Å². The van der Waals surface area contributed by atoms with Crippen molar-refractivity contribution in [2.45, 2.75) is 184 Å². The molecule has 0 spiro atoms. The predicted molar refractivity (Wildman–Crippen MR) is 419 cm³/mol. The first-order chi connectivity index (χ1) is 49.9. The molecule has 6 saturated heterocycles. The quantitative estimate of drug-likeness (QED) is 0.0471. The van der Waals surface area contributed by atoms with Crippen LogP contribution in [0.4, 0.5) is 40.6 Å². The lowest BCUT2D eigenvalue weighted by atomic mass is 9.92. The zero-order valence-electron chi connectivity index (χ0n) is 61.6. The van der Waals surface area contributed by atoms with Gasteiger partial charge < -0.3 is 66.2 Å². The van der Waals surface area contributed by atoms with E-state index in [-0.39, 0.29) is 71.7 Å². The summed E-state index contributed by atoms with van der Waals surface area (Å²) in [5.41, 5.74) is 9.27. The molecule has 3 amide bonds. The van der Waals surface area contributed by atoms with Gasteiger partial charge in [0.2, 0.25) is 17.7 Å². The fourth-order valence-electron chi connectivity index (χ4n) is 17.2. The number of hydrogen-bond acceptors (Lipinski definition) is 19. The fourth-order valence-corrected chi connectivity index (χ4v) is 17.6. The summed E-state index contributed by atoms with van der Waals surface area (Å²) in [6, 6.07) is 25.2. The topological polar surface area (TPSA) is 223 Å². The number of hydrogen-bond donors (Lipinski definition) is 6. The van der Waals surface area contributed by atoms with Crippen molar-refractivity contribution in [2.24, 2.45) is 0 Å². The molecule has 6 N–H and O–H groups in total. The number of nitrogens with one attached hydrogen (secondary N) is 6. The molecule has 552 valence electrons. The highest BCUT2D eigenvalue weighted by Gasteiger charge is 2.50. The number of carbonyl (C=O) groups excluding carboxylic acids is 3. The van der Waals surface area contributed by atoms with Crippen LogP contribution in [0.5, 0.6) is 0 Å². The Labute approximate surface area is 628 Å². The number of piperazine rings is 3. The van der Waals surface area contributed by atoms with E-state index in [1.165, 1.54) is 11.1 Å². The van der Waals surface area contributed by atoms with Gasteiger partial charge in [-0.3, -0.25) is 14.4 Å². The Morgan fingerprint density at radius 1 is 0.471 bits per heavy atom. The summed E-state index contributed by atoms with van der Waals surface area (Å²) < 4.78 is 0. The third kappa shape index (κ3) is 16.0. The van der Waals surface area contributed by atoms with Crippen molar-refractivity contribution in [3.63, 3.8) is 0 Å². The average Bonchev–Trinajstić information content (AvgIpc) is 1.54. The molecule has 6 bridgehead atoms. The molecule has 12 heterocycles. The number of fused-ring (bicyclic) bond motifs is 9. The molecular weight excluding hydrogens is 1370 g/mol. The molecule has 9 aliphatic heterocycles. The largest absolute Gasteiger partial charge is 0.363 e. The summed E-state index contributed by atoms with van der Waals surface area (Å²) in [4.78, 5) is 85.0. The standard InChI is InChI=1S/C27H35ClN6O.C26H34ClN7O.C26H33ClN6O/c1-16(2)29-12-23(19-5-7-20(28)8-6-19)27(35)34-21-9-10-22(34)14-33(13-21)26-24-17(3)11-18(4)32-25(24)30-15-31-26;1-16(2)28-11-22(18-5-7-19(27)8-6-18)26(35)34-20-9-10-21(34)14-33(13-20)25-23-24(29-15-30-25)31-17(3)12-32(23)4;1-15(2)28-11-22(18-5-7-19(27)8-6-18)26(34)33-13-20-10-21(33)12-32(20)25-23-16(3)9-17(4)31-24(23)29-14-30-25/h5-8,15-17,21-23,29H,4,9-14H2,1-3H3,(H,30,31,32);5-8,15-16,20-22,28H,3,9-14H2,1-2,4H3,(H,29,30,31);5-8,14-16,20-22,28H,4,9-13H2,1-3H3,(H,29,30,31)/t17-,21?,22?,23-;20?,21?,22-;16-,20?,21?,22-/m111/s1. The second-order valence-electron chi connectivity index (χ2n) is 30.8. The Hall–Kier alpha value is -8.12. The van der Waals surface area contributed by atoms with E-state index in [0.29, 0.717) is 71.2 Å². The number of anilines is 7. The highest BCUT2D eigenvalue weighted by Crippen LogP contribution is 2.46. The maximum absolute atomic E-state index is 14.0. The molecule has 25 heteroatoms. The van der Waals surface area contributed by atoms with Gasteiger partial charge in [-0.2, -0.15) is 0 Å². The molecule has 6 fully saturated rings. The molecule has 9 aliphatic rings. The van der Waals surface area contributed by atoms with Crippen LogP contribution in [-0.4, -0.2) is 189 Å². The summed E-state index contributed by atoms with van der Waals surface area (Å²) >= 11 is 18.4. The van der Waals surface area contributed by atoms with E-state index >= 15 is 0 Å². The van der Waals surface area contributed by atoms with Crippen LogP contribution in [0.15, 0.2) is 129 Å². The van der Waals surface area contributed by atoms with E-state index in [9.17, 15) is 14.4 Å². The van der Waals surface area contributed by atoms with E-state index in [2.05, 4.69) is 161 Å². The van der Waals surface area contributed by atoms with Gasteiger partial charge in [0.15, 0.2) is 11.6 Å². The van der Waals surface area contributed by atoms with Gasteiger partial charge in [-0.15, -0.1) is 0 Å². The normalized spacial score (nSPS) is 23.7. The second kappa shape index (κ2) is 31.9. The van der Waals surface area contributed by atoms with Crippen molar-refractivity contribution < 1.29 is 14.4 Å². The third-order valence-electron chi connectivity index (χ3n) is 22.1. The lowest BCUT2D eigenvalue weighted by Gasteiger charge is -2.44. The number of benzene rings is 3. The lowest BCUT2D eigenvalue weighted by molar-refractivity contribution is -0.137. The first-order valence-corrected chi connectivity index (χ1v) is 38.4. The molecule has 6 unspecified atom stereocenters. The SMILES string of the molecule is C=C1CN(C)c2c(ncnc2N2CC3CCC(C2)N3C(=O)[C@H](CNC(C)C)c2ccc(Cl)cc2)N1.C=C1C[C@@H](C)c2c(ncnc2N2CC3CC2CN3C(=O)[C@H](CNC(C)C)c2ccc(Cl)cc2)N1.C=C1C[C@@H](C)c2c(ncnc2N2CC3CCC(C2)N3C(=O)[C@H](CNC(C)C)c2ccc(Cl)cc2)N1. The molecule has 6 aromatic rings. The van der Waals surface area contributed by atoms with E-state index in [4.69, 9.17) is 44.8 Å². The second-order valence-corrected chi connectivity index (χ2v) is 32.1. The number of likely N-dealkylation sites (N-methyl/N-ethyl adjacent to an activating group) is 1. The smallest absolute Gasteiger partial charge is 0.232 e. The number of halogens is 3. The summed E-state index contributed by atoms with van der Waals surface area (Å²) in [6.45, 7) is 36.5. The Morgan fingerprint density at radius 3 is 1.26 bits per heavy atom. The van der Waals surface area contributed by atoms with E-state index < -0.39 is 0 Å². The summed E-state index contributed by atoms with van der Waals surface area (Å²) in [6.07, 6.45) is 11.7. The minimum Gasteiger partial charge on any atom is -0.363 e. The van der Waals surface area contributed by atoms with E-state index in [1.54, 1.807) is 19.0 Å². The van der Waals surface area contributed by atoms with Gasteiger partial charge in [-0.05, 0) is 110 Å². The Balaban J connectivity index is 0.000000139. The van der Waals surface area contributed by atoms with E-state index in [0.717, 1.165) is 159 Å². The van der Waals surface area contributed by atoms with Crippen LogP contribution in [-0.2, 0) is 14.4 Å². The van der Waals surface area contributed by atoms with Crippen molar-refractivity contribution in [2.75, 3.05) is 108 Å². The third-order valence-corrected chi connectivity index (χ3v) is 22.8. The number of rotatable bonds is 18. The van der Waals surface area contributed by atoms with Crippen LogP contribution in [0, 0.1) is 0 Å². The molecule has 0 saturated carbocycles. The maximum Gasteiger partial charge on any atom is 0.232 e. The number of likely N-dealkylation sites (tertiary alicyclic amines) is 1. The van der Waals surface area contributed by atoms with Crippen molar-refractivity contribution in [1.29, 1.82) is 0 Å². The summed E-state index contributed by atoms with van der Waals surface area (Å²) in [5.74, 6) is 6.00. The van der Waals surface area contributed by atoms with Gasteiger partial charge in [-0.25, -0.2) is 29.9 Å². The zero-order chi connectivity index (χ0) is 73.4. The van der Waals surface area contributed by atoms with Crippen LogP contribution in [0.1, 0.15) is 158 Å². The number of amides is 3. The van der Waals surface area contributed by atoms with Crippen LogP contribution >= 0.6 is 34.8 Å². The van der Waals surface area contributed by atoms with Crippen LogP contribution in [0.2, 0.25) is 15.1 Å².